The summed E-state index contributed by atoms with van der Waals surface area (Å²) >= 11 is 0. The van der Waals surface area contributed by atoms with E-state index in [2.05, 4.69) is 10.6 Å². The van der Waals surface area contributed by atoms with Gasteiger partial charge in [0.25, 0.3) is 5.91 Å². The van der Waals surface area contributed by atoms with E-state index in [9.17, 15) is 9.18 Å². The highest BCUT2D eigenvalue weighted by Gasteiger charge is 2.06. The molecule has 0 saturated carbocycles. The molecule has 112 valence electrons. The number of carbonyl (C=O) groups is 1. The molecule has 0 aliphatic heterocycles. The third kappa shape index (κ3) is 4.42. The molecule has 5 nitrogen and oxygen atoms in total. The fourth-order valence-electron chi connectivity index (χ4n) is 1.70. The van der Waals surface area contributed by atoms with Gasteiger partial charge < -0.3 is 10.6 Å². The zero-order valence-corrected chi connectivity index (χ0v) is 11.9. The molecule has 2 aromatic carbocycles. The van der Waals surface area contributed by atoms with Crippen molar-refractivity contribution in [2.75, 3.05) is 10.6 Å². The Morgan fingerprint density at radius 1 is 0.957 bits per heavy atom. The van der Waals surface area contributed by atoms with Crippen molar-refractivity contribution in [3.8, 4) is 12.1 Å². The number of hydrogen-bond acceptors (Lipinski definition) is 4. The Kier molecular flexibility index (Phi) is 5.06. The lowest BCUT2D eigenvalue weighted by atomic mass is 10.2. The van der Waals surface area contributed by atoms with Crippen LogP contribution in [0.15, 0.2) is 60.3 Å². The Bertz CT molecular complexity index is 796. The Labute approximate surface area is 132 Å². The smallest absolute Gasteiger partial charge is 0.255 e. The van der Waals surface area contributed by atoms with Gasteiger partial charge in [-0.3, -0.25) is 4.79 Å². The zero-order chi connectivity index (χ0) is 16.7. The van der Waals surface area contributed by atoms with Gasteiger partial charge in [0.05, 0.1) is 0 Å². The summed E-state index contributed by atoms with van der Waals surface area (Å²) in [5.41, 5.74) is 1.49. The lowest BCUT2D eigenvalue weighted by Crippen LogP contribution is -2.11. The summed E-state index contributed by atoms with van der Waals surface area (Å²) in [6.07, 6.45) is 1.29. The van der Waals surface area contributed by atoms with Crippen molar-refractivity contribution in [3.05, 3.63) is 71.7 Å². The molecule has 0 atom stereocenters. The predicted molar refractivity (Wildman–Crippen MR) is 83.7 cm³/mol. The van der Waals surface area contributed by atoms with Crippen LogP contribution in [-0.4, -0.2) is 5.91 Å². The van der Waals surface area contributed by atoms with Crippen LogP contribution in [0.5, 0.6) is 0 Å². The van der Waals surface area contributed by atoms with Gasteiger partial charge in [-0.25, -0.2) is 4.39 Å². The molecule has 0 radical (unpaired) electrons. The van der Waals surface area contributed by atoms with E-state index in [4.69, 9.17) is 10.5 Å². The van der Waals surface area contributed by atoms with Gasteiger partial charge in [-0.2, -0.15) is 10.5 Å². The topological polar surface area (TPSA) is 88.7 Å². The van der Waals surface area contributed by atoms with Gasteiger partial charge in [0.15, 0.2) is 0 Å². The molecule has 0 saturated heterocycles. The molecule has 6 heteroatoms. The number of anilines is 2. The third-order valence-electron chi connectivity index (χ3n) is 2.87. The lowest BCUT2D eigenvalue weighted by Gasteiger charge is -2.06. The third-order valence-corrected chi connectivity index (χ3v) is 2.87. The number of halogens is 1. The highest BCUT2D eigenvalue weighted by Crippen LogP contribution is 2.13. The number of allylic oxidation sites excluding steroid dienone is 1. The minimum Gasteiger partial charge on any atom is -0.360 e. The van der Waals surface area contributed by atoms with E-state index in [1.165, 1.54) is 30.5 Å². The van der Waals surface area contributed by atoms with Gasteiger partial charge in [-0.1, -0.05) is 0 Å². The van der Waals surface area contributed by atoms with Crippen LogP contribution >= 0.6 is 0 Å². The second-order valence-electron chi connectivity index (χ2n) is 4.46. The number of hydrogen-bond donors (Lipinski definition) is 2. The number of nitriles is 2. The Morgan fingerprint density at radius 2 is 1.52 bits per heavy atom. The molecule has 0 aliphatic rings. The van der Waals surface area contributed by atoms with Crippen molar-refractivity contribution in [3.63, 3.8) is 0 Å². The molecule has 2 rings (SSSR count). The molecule has 0 unspecified atom stereocenters. The second-order valence-corrected chi connectivity index (χ2v) is 4.46. The van der Waals surface area contributed by atoms with Crippen LogP contribution in [0.1, 0.15) is 10.4 Å². The molecule has 0 aliphatic carbocycles. The molecular formula is C17H11FN4O. The predicted octanol–water partition coefficient (Wildman–Crippen LogP) is 3.42. The van der Waals surface area contributed by atoms with Crippen molar-refractivity contribution in [1.29, 1.82) is 10.5 Å². The first-order valence-electron chi connectivity index (χ1n) is 6.56. The number of benzene rings is 2. The van der Waals surface area contributed by atoms with Gasteiger partial charge in [-0.05, 0) is 48.5 Å². The second kappa shape index (κ2) is 7.39. The number of amides is 1. The maximum atomic E-state index is 12.8. The minimum atomic E-state index is -0.374. The summed E-state index contributed by atoms with van der Waals surface area (Å²) in [5, 5.41) is 22.7. The zero-order valence-electron chi connectivity index (χ0n) is 11.9. The summed E-state index contributed by atoms with van der Waals surface area (Å²) in [6, 6.07) is 15.4. The van der Waals surface area contributed by atoms with Crippen LogP contribution in [0.4, 0.5) is 15.8 Å². The SMILES string of the molecule is N#CC(C#N)=CNc1ccc(C(=O)Nc2ccc(F)cc2)cc1. The van der Waals surface area contributed by atoms with Crippen LogP contribution in [0.3, 0.4) is 0 Å². The molecule has 0 bridgehead atoms. The minimum absolute atomic E-state index is 0.0527. The molecule has 0 aromatic heterocycles. The van der Waals surface area contributed by atoms with Crippen LogP contribution in [0.25, 0.3) is 0 Å². The number of carbonyl (C=O) groups excluding carboxylic acids is 1. The first kappa shape index (κ1) is 15.7. The summed E-state index contributed by atoms with van der Waals surface area (Å²) in [6.45, 7) is 0. The Balaban J connectivity index is 2.03. The maximum absolute atomic E-state index is 12.8. The van der Waals surface area contributed by atoms with Crippen molar-refractivity contribution < 1.29 is 9.18 Å². The van der Waals surface area contributed by atoms with Gasteiger partial charge in [0.1, 0.15) is 23.5 Å². The fraction of sp³-hybridized carbons (Fsp3) is 0. The van der Waals surface area contributed by atoms with Gasteiger partial charge in [-0.15, -0.1) is 0 Å². The molecule has 0 heterocycles. The average molecular weight is 306 g/mol. The Hall–Kier alpha value is -3.64. The highest BCUT2D eigenvalue weighted by molar-refractivity contribution is 6.04. The molecule has 0 spiro atoms. The monoisotopic (exact) mass is 306 g/mol. The summed E-state index contributed by atoms with van der Waals surface area (Å²) in [7, 11) is 0. The van der Waals surface area contributed by atoms with Crippen LogP contribution < -0.4 is 10.6 Å². The molecular weight excluding hydrogens is 295 g/mol. The molecule has 2 N–H and O–H groups in total. The van der Waals surface area contributed by atoms with Crippen LogP contribution in [0.2, 0.25) is 0 Å². The van der Waals surface area contributed by atoms with Gasteiger partial charge in [0, 0.05) is 23.1 Å². The van der Waals surface area contributed by atoms with Gasteiger partial charge >= 0.3 is 0 Å². The number of nitrogens with one attached hydrogen (secondary N) is 2. The van der Waals surface area contributed by atoms with E-state index in [1.54, 1.807) is 36.4 Å². The number of rotatable bonds is 4. The van der Waals surface area contributed by atoms with E-state index >= 15 is 0 Å². The Morgan fingerprint density at radius 3 is 2.09 bits per heavy atom. The van der Waals surface area contributed by atoms with Crippen molar-refractivity contribution in [2.24, 2.45) is 0 Å². The molecule has 23 heavy (non-hydrogen) atoms. The van der Waals surface area contributed by atoms with E-state index in [-0.39, 0.29) is 17.3 Å². The lowest BCUT2D eigenvalue weighted by molar-refractivity contribution is 0.102. The largest absolute Gasteiger partial charge is 0.360 e. The fourth-order valence-corrected chi connectivity index (χ4v) is 1.70. The summed E-state index contributed by atoms with van der Waals surface area (Å²) < 4.78 is 12.8. The maximum Gasteiger partial charge on any atom is 0.255 e. The van der Waals surface area contributed by atoms with Crippen molar-refractivity contribution in [1.82, 2.24) is 0 Å². The van der Waals surface area contributed by atoms with Gasteiger partial charge in [0.2, 0.25) is 0 Å². The standard InChI is InChI=1S/C17H11FN4O/c18-14-3-7-16(8-4-14)22-17(23)13-1-5-15(6-2-13)21-11-12(9-19)10-20/h1-8,11,21H,(H,22,23). The highest BCUT2D eigenvalue weighted by atomic mass is 19.1. The van der Waals surface area contributed by atoms with E-state index < -0.39 is 0 Å². The van der Waals surface area contributed by atoms with Crippen molar-refractivity contribution >= 4 is 17.3 Å². The molecule has 1 amide bonds. The van der Waals surface area contributed by atoms with E-state index in [1.807, 2.05) is 0 Å². The van der Waals surface area contributed by atoms with Crippen molar-refractivity contribution in [2.45, 2.75) is 0 Å². The normalized spacial score (nSPS) is 9.17. The number of nitrogens with zero attached hydrogens (tertiary/aromatic N) is 2. The van der Waals surface area contributed by atoms with E-state index in [0.717, 1.165) is 0 Å². The summed E-state index contributed by atoms with van der Waals surface area (Å²) in [4.78, 5) is 12.0. The van der Waals surface area contributed by atoms with Crippen LogP contribution in [0, 0.1) is 28.5 Å². The summed E-state index contributed by atoms with van der Waals surface area (Å²) in [5.74, 6) is -0.700. The van der Waals surface area contributed by atoms with Crippen LogP contribution in [-0.2, 0) is 0 Å². The quantitative estimate of drug-likeness (QED) is 0.847. The molecule has 2 aromatic rings. The first-order valence-corrected chi connectivity index (χ1v) is 6.56. The van der Waals surface area contributed by atoms with E-state index in [0.29, 0.717) is 16.9 Å². The first-order chi connectivity index (χ1) is 11.1. The molecule has 0 fully saturated rings. The average Bonchev–Trinajstić information content (AvgIpc) is 2.58.